The summed E-state index contributed by atoms with van der Waals surface area (Å²) in [6.45, 7) is 3.47. The highest BCUT2D eigenvalue weighted by molar-refractivity contribution is 7.23. The van der Waals surface area contributed by atoms with Gasteiger partial charge in [0.1, 0.15) is 24.2 Å². The standard InChI is InChI=1S/C25H25N5O2S.C20H15N3O3S/c1-29-9-11-30(12-10-29)23(32)13-17-5-7-18(8-6-17)22-15-21-24(33-22)25(27-16-26-21)28-19-3-2-4-20(31)14-19;24-15-3-1-2-14(9-15)23-20-19-16(21-11-22-20)10-17(27-19)13-6-4-12(5-7-13)8-18(25)26/h2-8,14-16,31H,9-13H2,1H3,(H,26,27,28);1-7,9-11,24H,8H2,(H,25,26)(H,21,22,23). The normalized spacial score (nSPS) is 12.8. The van der Waals surface area contributed by atoms with E-state index in [9.17, 15) is 19.8 Å². The number of amides is 1. The molecule has 4 aromatic carbocycles. The van der Waals surface area contributed by atoms with Crippen LogP contribution in [0.2, 0.25) is 0 Å². The van der Waals surface area contributed by atoms with Crippen LogP contribution in [-0.4, -0.2) is 90.2 Å². The zero-order valence-electron chi connectivity index (χ0n) is 32.4. The summed E-state index contributed by atoms with van der Waals surface area (Å²) in [4.78, 5) is 47.2. The number of carboxylic acids is 1. The predicted octanol–water partition coefficient (Wildman–Crippen LogP) is 8.56. The van der Waals surface area contributed by atoms with E-state index in [-0.39, 0.29) is 23.8 Å². The monoisotopic (exact) mass is 836 g/mol. The molecule has 5 N–H and O–H groups in total. The highest BCUT2D eigenvalue weighted by Gasteiger charge is 2.19. The molecule has 1 amide bonds. The Balaban J connectivity index is 0.000000170. The predicted molar refractivity (Wildman–Crippen MR) is 238 cm³/mol. The Morgan fingerprint density at radius 1 is 0.617 bits per heavy atom. The molecule has 0 aliphatic carbocycles. The maximum Gasteiger partial charge on any atom is 0.307 e. The van der Waals surface area contributed by atoms with Gasteiger partial charge in [0.25, 0.3) is 0 Å². The van der Waals surface area contributed by atoms with Crippen LogP contribution in [0.4, 0.5) is 23.0 Å². The summed E-state index contributed by atoms with van der Waals surface area (Å²) in [6, 6.07) is 33.5. The minimum Gasteiger partial charge on any atom is -0.508 e. The quantitative estimate of drug-likeness (QED) is 0.0889. The van der Waals surface area contributed by atoms with E-state index in [1.165, 1.54) is 12.7 Å². The van der Waals surface area contributed by atoms with Gasteiger partial charge in [0.05, 0.1) is 33.3 Å². The van der Waals surface area contributed by atoms with E-state index in [0.717, 1.165) is 90.0 Å². The van der Waals surface area contributed by atoms with E-state index in [1.54, 1.807) is 59.1 Å². The number of benzene rings is 4. The van der Waals surface area contributed by atoms with Gasteiger partial charge in [0.15, 0.2) is 11.6 Å². The molecule has 0 bridgehead atoms. The van der Waals surface area contributed by atoms with Crippen LogP contribution in [0.1, 0.15) is 11.1 Å². The average Bonchev–Trinajstić information content (AvgIpc) is 3.88. The highest BCUT2D eigenvalue weighted by Crippen LogP contribution is 2.38. The van der Waals surface area contributed by atoms with Gasteiger partial charge in [0.2, 0.25) is 5.91 Å². The second kappa shape index (κ2) is 17.9. The number of carbonyl (C=O) groups excluding carboxylic acids is 1. The molecule has 1 fully saturated rings. The van der Waals surface area contributed by atoms with Gasteiger partial charge in [-0.05, 0) is 65.7 Å². The fourth-order valence-corrected chi connectivity index (χ4v) is 8.82. The Kier molecular flexibility index (Phi) is 11.9. The van der Waals surface area contributed by atoms with Crippen LogP contribution in [0, 0.1) is 0 Å². The number of aliphatic carboxylic acids is 1. The first-order chi connectivity index (χ1) is 29.1. The van der Waals surface area contributed by atoms with Gasteiger partial charge in [0, 0.05) is 59.4 Å². The molecule has 0 radical (unpaired) electrons. The number of nitrogens with zero attached hydrogens (tertiary/aromatic N) is 6. The molecule has 13 nitrogen and oxygen atoms in total. The van der Waals surface area contributed by atoms with Crippen molar-refractivity contribution in [3.8, 4) is 32.4 Å². The van der Waals surface area contributed by atoms with Gasteiger partial charge >= 0.3 is 5.97 Å². The number of anilines is 4. The maximum atomic E-state index is 12.6. The van der Waals surface area contributed by atoms with Gasteiger partial charge in [-0.15, -0.1) is 22.7 Å². The van der Waals surface area contributed by atoms with Crippen molar-refractivity contribution in [3.05, 3.63) is 133 Å². The van der Waals surface area contributed by atoms with Crippen molar-refractivity contribution in [3.63, 3.8) is 0 Å². The van der Waals surface area contributed by atoms with Crippen molar-refractivity contribution in [2.24, 2.45) is 0 Å². The zero-order valence-corrected chi connectivity index (χ0v) is 34.1. The first-order valence-corrected chi connectivity index (χ1v) is 20.7. The molecule has 302 valence electrons. The van der Waals surface area contributed by atoms with E-state index >= 15 is 0 Å². The molecule has 5 heterocycles. The minimum absolute atomic E-state index is 0.0101. The SMILES string of the molecule is CN1CCN(C(=O)Cc2ccc(-c3cc4ncnc(Nc5cccc(O)c5)c4s3)cc2)CC1.O=C(O)Cc1ccc(-c2cc3ncnc(Nc4cccc(O)c4)c3s2)cc1. The van der Waals surface area contributed by atoms with Crippen molar-refractivity contribution in [2.45, 2.75) is 12.8 Å². The van der Waals surface area contributed by atoms with E-state index in [1.807, 2.05) is 59.5 Å². The third kappa shape index (κ3) is 9.67. The van der Waals surface area contributed by atoms with Crippen LogP contribution >= 0.6 is 22.7 Å². The minimum atomic E-state index is -0.845. The number of nitrogens with one attached hydrogen (secondary N) is 2. The summed E-state index contributed by atoms with van der Waals surface area (Å²) in [5.41, 5.74) is 7.05. The Bertz CT molecular complexity index is 2780. The van der Waals surface area contributed by atoms with Crippen LogP contribution in [-0.2, 0) is 22.4 Å². The number of aromatic nitrogens is 4. The fraction of sp³-hybridized carbons (Fsp3) is 0.156. The number of carbonyl (C=O) groups is 2. The van der Waals surface area contributed by atoms with Crippen molar-refractivity contribution in [1.29, 1.82) is 0 Å². The number of rotatable bonds is 10. The number of likely N-dealkylation sites (N-methyl/N-ethyl adjacent to an activating group) is 1. The highest BCUT2D eigenvalue weighted by atomic mass is 32.1. The molecule has 60 heavy (non-hydrogen) atoms. The van der Waals surface area contributed by atoms with Gasteiger partial charge in [-0.3, -0.25) is 9.59 Å². The molecule has 9 rings (SSSR count). The molecule has 4 aromatic heterocycles. The van der Waals surface area contributed by atoms with Crippen LogP contribution in [0.25, 0.3) is 41.3 Å². The first kappa shape index (κ1) is 39.9. The van der Waals surface area contributed by atoms with Crippen LogP contribution in [0.15, 0.2) is 122 Å². The lowest BCUT2D eigenvalue weighted by Gasteiger charge is -2.32. The van der Waals surface area contributed by atoms with Crippen LogP contribution in [0.5, 0.6) is 11.5 Å². The number of fused-ring (bicyclic) bond motifs is 2. The van der Waals surface area contributed by atoms with Gasteiger partial charge in [-0.2, -0.15) is 0 Å². The molecule has 0 unspecified atom stereocenters. The Labute approximate surface area is 353 Å². The third-order valence-electron chi connectivity index (χ3n) is 9.88. The lowest BCUT2D eigenvalue weighted by molar-refractivity contribution is -0.136. The molecule has 0 saturated carbocycles. The summed E-state index contributed by atoms with van der Waals surface area (Å²) in [7, 11) is 2.09. The Hall–Kier alpha value is -6.94. The number of aromatic hydroxyl groups is 2. The molecule has 15 heteroatoms. The summed E-state index contributed by atoms with van der Waals surface area (Å²) in [5, 5.41) is 34.7. The largest absolute Gasteiger partial charge is 0.508 e. The van der Waals surface area contributed by atoms with Crippen molar-refractivity contribution < 1.29 is 24.9 Å². The molecular weight excluding hydrogens is 797 g/mol. The number of hydrogen-bond donors (Lipinski definition) is 5. The molecular formula is C45H40N8O5S2. The summed E-state index contributed by atoms with van der Waals surface area (Å²) in [6.07, 6.45) is 3.48. The number of phenols is 2. The van der Waals surface area contributed by atoms with Crippen molar-refractivity contribution >= 4 is 78.0 Å². The van der Waals surface area contributed by atoms with Gasteiger partial charge in [-0.25, -0.2) is 19.9 Å². The summed E-state index contributed by atoms with van der Waals surface area (Å²) in [5.74, 6) is 1.10. The van der Waals surface area contributed by atoms with Crippen molar-refractivity contribution in [2.75, 3.05) is 43.9 Å². The van der Waals surface area contributed by atoms with Crippen LogP contribution in [0.3, 0.4) is 0 Å². The number of hydrogen-bond acceptors (Lipinski definition) is 13. The van der Waals surface area contributed by atoms with Crippen LogP contribution < -0.4 is 10.6 Å². The molecule has 0 atom stereocenters. The van der Waals surface area contributed by atoms with Crippen molar-refractivity contribution in [1.82, 2.24) is 29.7 Å². The Morgan fingerprint density at radius 2 is 1.08 bits per heavy atom. The molecule has 8 aromatic rings. The Morgan fingerprint density at radius 3 is 1.53 bits per heavy atom. The second-order valence-electron chi connectivity index (χ2n) is 14.3. The number of phenolic OH excluding ortho intramolecular Hbond substituents is 2. The second-order valence-corrected chi connectivity index (χ2v) is 16.4. The average molecular weight is 837 g/mol. The summed E-state index contributed by atoms with van der Waals surface area (Å²) < 4.78 is 1.86. The summed E-state index contributed by atoms with van der Waals surface area (Å²) >= 11 is 3.17. The first-order valence-electron chi connectivity index (χ1n) is 19.1. The van der Waals surface area contributed by atoms with E-state index < -0.39 is 5.97 Å². The van der Waals surface area contributed by atoms with E-state index in [0.29, 0.717) is 18.1 Å². The molecule has 0 spiro atoms. The lowest BCUT2D eigenvalue weighted by atomic mass is 10.1. The fourth-order valence-electron chi connectivity index (χ4n) is 6.70. The molecule has 1 aliphatic rings. The topological polar surface area (TPSA) is 177 Å². The zero-order chi connectivity index (χ0) is 41.6. The van der Waals surface area contributed by atoms with E-state index in [4.69, 9.17) is 5.11 Å². The van der Waals surface area contributed by atoms with Gasteiger partial charge < -0.3 is 35.8 Å². The number of thiophene rings is 2. The van der Waals surface area contributed by atoms with E-state index in [2.05, 4.69) is 60.7 Å². The maximum absolute atomic E-state index is 12.6. The molecule has 1 saturated heterocycles. The van der Waals surface area contributed by atoms with Gasteiger partial charge in [-0.1, -0.05) is 60.7 Å². The third-order valence-corrected chi connectivity index (χ3v) is 12.2. The lowest BCUT2D eigenvalue weighted by Crippen LogP contribution is -2.47. The number of carboxylic acid groups (broad SMARTS) is 1. The molecule has 1 aliphatic heterocycles. The number of piperazine rings is 1. The smallest absolute Gasteiger partial charge is 0.307 e.